The molecule has 0 aliphatic heterocycles. The largest absolute Gasteiger partial charge is 0.462 e. The SMILES string of the molecule is CC/C=C/C=C/C=C/CCCCCCCC(CC(=O)NC(CO)C(O)CCCCCCCCCCCCCCCC)OC(=O)CCCCCCCCCCCC. The van der Waals surface area contributed by atoms with Gasteiger partial charge in [-0.1, -0.05) is 224 Å². The first-order valence-corrected chi connectivity index (χ1v) is 24.2. The summed E-state index contributed by atoms with van der Waals surface area (Å²) in [6, 6.07) is -0.704. The Morgan fingerprint density at radius 1 is 0.536 bits per heavy atom. The highest BCUT2D eigenvalue weighted by atomic mass is 16.5. The van der Waals surface area contributed by atoms with E-state index in [0.717, 1.165) is 83.5 Å². The van der Waals surface area contributed by atoms with Crippen LogP contribution in [0, 0.1) is 0 Å². The Balaban J connectivity index is 4.56. The van der Waals surface area contributed by atoms with Gasteiger partial charge >= 0.3 is 5.97 Å². The van der Waals surface area contributed by atoms with Crippen molar-refractivity contribution in [3.63, 3.8) is 0 Å². The average Bonchev–Trinajstić information content (AvgIpc) is 3.19. The predicted octanol–water partition coefficient (Wildman–Crippen LogP) is 14.1. The number of amides is 1. The van der Waals surface area contributed by atoms with Crippen LogP contribution in [0.5, 0.6) is 0 Å². The van der Waals surface area contributed by atoms with E-state index in [-0.39, 0.29) is 24.9 Å². The normalized spacial score (nSPS) is 13.6. The molecule has 3 N–H and O–H groups in total. The second-order valence-corrected chi connectivity index (χ2v) is 16.6. The number of aliphatic hydroxyl groups excluding tert-OH is 2. The summed E-state index contributed by atoms with van der Waals surface area (Å²) in [7, 11) is 0. The van der Waals surface area contributed by atoms with E-state index < -0.39 is 18.2 Å². The van der Waals surface area contributed by atoms with Crippen molar-refractivity contribution in [1.29, 1.82) is 0 Å². The Morgan fingerprint density at radius 2 is 0.964 bits per heavy atom. The first kappa shape index (κ1) is 54.1. The van der Waals surface area contributed by atoms with E-state index in [4.69, 9.17) is 4.74 Å². The first-order chi connectivity index (χ1) is 27.5. The summed E-state index contributed by atoms with van der Waals surface area (Å²) < 4.78 is 5.90. The van der Waals surface area contributed by atoms with Gasteiger partial charge in [0, 0.05) is 6.42 Å². The van der Waals surface area contributed by atoms with Crippen LogP contribution in [0.15, 0.2) is 36.5 Å². The maximum atomic E-state index is 13.1. The Kier molecular flexibility index (Phi) is 42.7. The van der Waals surface area contributed by atoms with Crippen molar-refractivity contribution in [2.45, 2.75) is 264 Å². The minimum Gasteiger partial charge on any atom is -0.462 e. The fourth-order valence-electron chi connectivity index (χ4n) is 7.37. The fraction of sp³-hybridized carbons (Fsp3) is 0.840. The zero-order valence-corrected chi connectivity index (χ0v) is 37.3. The van der Waals surface area contributed by atoms with Gasteiger partial charge in [-0.05, 0) is 44.9 Å². The third-order valence-electron chi connectivity index (χ3n) is 11.0. The molecule has 0 aromatic heterocycles. The van der Waals surface area contributed by atoms with Crippen LogP contribution >= 0.6 is 0 Å². The number of carbonyl (C=O) groups is 2. The minimum absolute atomic E-state index is 0.0671. The molecule has 6 nitrogen and oxygen atoms in total. The molecule has 3 atom stereocenters. The van der Waals surface area contributed by atoms with Crippen molar-refractivity contribution < 1.29 is 24.5 Å². The number of hydrogen-bond acceptors (Lipinski definition) is 5. The number of rotatable bonds is 43. The molecule has 0 bridgehead atoms. The Labute approximate surface area is 347 Å². The lowest BCUT2D eigenvalue weighted by atomic mass is 10.0. The van der Waals surface area contributed by atoms with Gasteiger partial charge in [0.2, 0.25) is 5.91 Å². The van der Waals surface area contributed by atoms with Crippen molar-refractivity contribution in [1.82, 2.24) is 5.32 Å². The lowest BCUT2D eigenvalue weighted by molar-refractivity contribution is -0.151. The van der Waals surface area contributed by atoms with Crippen molar-refractivity contribution in [2.75, 3.05) is 6.61 Å². The number of unbranched alkanes of at least 4 members (excludes halogenated alkanes) is 27. The van der Waals surface area contributed by atoms with Gasteiger partial charge in [-0.2, -0.15) is 0 Å². The van der Waals surface area contributed by atoms with Crippen molar-refractivity contribution in [2.24, 2.45) is 0 Å². The molecule has 0 radical (unpaired) electrons. The third kappa shape index (κ3) is 38.9. The van der Waals surface area contributed by atoms with Gasteiger partial charge in [-0.3, -0.25) is 9.59 Å². The summed E-state index contributed by atoms with van der Waals surface area (Å²) in [5.41, 5.74) is 0. The van der Waals surface area contributed by atoms with Crippen molar-refractivity contribution in [3.8, 4) is 0 Å². The summed E-state index contributed by atoms with van der Waals surface area (Å²) in [5.74, 6) is -0.489. The van der Waals surface area contributed by atoms with Gasteiger partial charge in [-0.25, -0.2) is 0 Å². The molecule has 56 heavy (non-hydrogen) atoms. The van der Waals surface area contributed by atoms with Gasteiger partial charge < -0.3 is 20.3 Å². The third-order valence-corrected chi connectivity index (χ3v) is 11.0. The molecule has 0 fully saturated rings. The lowest BCUT2D eigenvalue weighted by Gasteiger charge is -2.24. The Morgan fingerprint density at radius 3 is 1.45 bits per heavy atom. The molecule has 0 aromatic carbocycles. The molecule has 3 unspecified atom stereocenters. The van der Waals surface area contributed by atoms with Crippen molar-refractivity contribution in [3.05, 3.63) is 36.5 Å². The number of esters is 1. The molecule has 328 valence electrons. The van der Waals surface area contributed by atoms with E-state index in [2.05, 4.69) is 62.5 Å². The maximum Gasteiger partial charge on any atom is 0.306 e. The molecule has 0 aromatic rings. The topological polar surface area (TPSA) is 95.9 Å². The van der Waals surface area contributed by atoms with Gasteiger partial charge in [0.1, 0.15) is 6.10 Å². The van der Waals surface area contributed by atoms with Gasteiger partial charge in [0.15, 0.2) is 0 Å². The smallest absolute Gasteiger partial charge is 0.306 e. The maximum absolute atomic E-state index is 13.1. The van der Waals surface area contributed by atoms with Crippen LogP contribution in [0.25, 0.3) is 0 Å². The van der Waals surface area contributed by atoms with Crippen LogP contribution < -0.4 is 5.32 Å². The number of hydrogen-bond donors (Lipinski definition) is 3. The molecule has 0 saturated carbocycles. The molecule has 0 aliphatic rings. The van der Waals surface area contributed by atoms with Crippen LogP contribution in [0.4, 0.5) is 0 Å². The summed E-state index contributed by atoms with van der Waals surface area (Å²) in [6.45, 7) is 6.34. The molecule has 0 rings (SSSR count). The van der Waals surface area contributed by atoms with Crippen LogP contribution in [0.3, 0.4) is 0 Å². The molecule has 1 amide bonds. The first-order valence-electron chi connectivity index (χ1n) is 24.2. The van der Waals surface area contributed by atoms with Crippen LogP contribution in [-0.4, -0.2) is 46.9 Å². The zero-order valence-electron chi connectivity index (χ0n) is 37.3. The monoisotopic (exact) mass is 788 g/mol. The van der Waals surface area contributed by atoms with E-state index >= 15 is 0 Å². The molecular formula is C50H93NO5. The summed E-state index contributed by atoms with van der Waals surface area (Å²) in [4.78, 5) is 26.0. The number of nitrogens with one attached hydrogen (secondary N) is 1. The van der Waals surface area contributed by atoms with Gasteiger partial charge in [-0.15, -0.1) is 0 Å². The highest BCUT2D eigenvalue weighted by Crippen LogP contribution is 2.18. The number of carbonyl (C=O) groups excluding carboxylic acids is 2. The molecule has 0 aliphatic carbocycles. The molecule has 0 spiro atoms. The highest BCUT2D eigenvalue weighted by molar-refractivity contribution is 5.77. The van der Waals surface area contributed by atoms with Gasteiger partial charge in [0.25, 0.3) is 0 Å². The molecule has 0 heterocycles. The summed E-state index contributed by atoms with van der Waals surface area (Å²) in [6.07, 6.45) is 50.6. The van der Waals surface area contributed by atoms with Crippen molar-refractivity contribution >= 4 is 11.9 Å². The second kappa shape index (κ2) is 44.2. The number of allylic oxidation sites excluding steroid dienone is 6. The van der Waals surface area contributed by atoms with Crippen LogP contribution in [0.2, 0.25) is 0 Å². The van der Waals surface area contributed by atoms with E-state index in [1.807, 2.05) is 0 Å². The van der Waals surface area contributed by atoms with E-state index in [1.165, 1.54) is 116 Å². The van der Waals surface area contributed by atoms with Crippen LogP contribution in [0.1, 0.15) is 245 Å². The highest BCUT2D eigenvalue weighted by Gasteiger charge is 2.24. The van der Waals surface area contributed by atoms with Gasteiger partial charge in [0.05, 0.1) is 25.2 Å². The standard InChI is InChI=1S/C50H93NO5/c1-4-7-10-13-16-19-22-24-26-28-30-33-36-39-42-48(53)47(45-52)51-49(54)44-46(41-38-35-32-29-27-25-23-20-17-14-11-8-5-2)56-50(55)43-40-37-34-31-21-18-15-12-9-6-3/h8,11,14,17,20,23,46-48,52-53H,4-7,9-10,12-13,15-16,18-19,21-22,24-45H2,1-3H3,(H,51,54)/b11-8+,17-14+,23-20+. The van der Waals surface area contributed by atoms with E-state index in [9.17, 15) is 19.8 Å². The molecular weight excluding hydrogens is 695 g/mol. The number of ether oxygens (including phenoxy) is 1. The Hall–Kier alpha value is -1.92. The van der Waals surface area contributed by atoms with E-state index in [0.29, 0.717) is 19.3 Å². The predicted molar refractivity (Wildman–Crippen MR) is 241 cm³/mol. The summed E-state index contributed by atoms with van der Waals surface area (Å²) in [5, 5.41) is 23.7. The minimum atomic E-state index is -0.789. The lowest BCUT2D eigenvalue weighted by Crippen LogP contribution is -2.46. The summed E-state index contributed by atoms with van der Waals surface area (Å²) >= 11 is 0. The second-order valence-electron chi connectivity index (χ2n) is 16.6. The zero-order chi connectivity index (χ0) is 41.0. The number of aliphatic hydroxyl groups is 2. The molecule has 6 heteroatoms. The average molecular weight is 788 g/mol. The molecule has 0 saturated heterocycles. The quantitative estimate of drug-likeness (QED) is 0.0325. The van der Waals surface area contributed by atoms with Crippen LogP contribution in [-0.2, 0) is 14.3 Å². The Bertz CT molecular complexity index is 930. The fourth-order valence-corrected chi connectivity index (χ4v) is 7.37. The van der Waals surface area contributed by atoms with E-state index in [1.54, 1.807) is 0 Å².